The van der Waals surface area contributed by atoms with Crippen molar-refractivity contribution in [2.45, 2.75) is 12.8 Å². The maximum Gasteiger partial charge on any atom is 0.434 e. The van der Waals surface area contributed by atoms with E-state index in [0.29, 0.717) is 16.9 Å². The zero-order chi connectivity index (χ0) is 14.9. The normalized spacial score (nSPS) is 11.7. The van der Waals surface area contributed by atoms with Crippen LogP contribution in [0.5, 0.6) is 5.75 Å². The summed E-state index contributed by atoms with van der Waals surface area (Å²) in [6.45, 7) is -0.176. The first kappa shape index (κ1) is 14.4. The van der Waals surface area contributed by atoms with Crippen LogP contribution in [0.15, 0.2) is 24.4 Å². The van der Waals surface area contributed by atoms with E-state index in [1.165, 1.54) is 18.7 Å². The van der Waals surface area contributed by atoms with Crippen LogP contribution in [0, 0.1) is 0 Å². The lowest BCUT2D eigenvalue weighted by Gasteiger charge is -2.09. The lowest BCUT2D eigenvalue weighted by Crippen LogP contribution is -2.05. The topological polar surface area (TPSA) is 47.3 Å². The Bertz CT molecular complexity index is 621. The highest BCUT2D eigenvalue weighted by atomic mass is 19.4. The Morgan fingerprint density at radius 1 is 1.35 bits per heavy atom. The van der Waals surface area contributed by atoms with E-state index < -0.39 is 11.9 Å². The summed E-state index contributed by atoms with van der Waals surface area (Å²) in [4.78, 5) is 3.61. The Kier molecular flexibility index (Phi) is 3.71. The molecule has 0 spiro atoms. The predicted octanol–water partition coefficient (Wildman–Crippen LogP) is 2.61. The molecule has 1 aromatic carbocycles. The summed E-state index contributed by atoms with van der Waals surface area (Å²) in [5.74, 6) is 0.512. The van der Waals surface area contributed by atoms with Crippen LogP contribution in [0.1, 0.15) is 11.3 Å². The second kappa shape index (κ2) is 5.16. The number of ether oxygens (including phenoxy) is 1. The van der Waals surface area contributed by atoms with Gasteiger partial charge in [0.25, 0.3) is 0 Å². The molecule has 0 aliphatic rings. The maximum atomic E-state index is 12.7. The number of alkyl halides is 3. The van der Waals surface area contributed by atoms with Gasteiger partial charge in [-0.1, -0.05) is 6.07 Å². The van der Waals surface area contributed by atoms with Gasteiger partial charge in [0.05, 0.1) is 19.3 Å². The number of hydrogen-bond donors (Lipinski definition) is 1. The Labute approximate surface area is 113 Å². The number of halogens is 3. The largest absolute Gasteiger partial charge is 0.496 e. The number of aliphatic hydroxyl groups is 1. The van der Waals surface area contributed by atoms with E-state index in [4.69, 9.17) is 9.84 Å². The summed E-state index contributed by atoms with van der Waals surface area (Å²) in [6.07, 6.45) is -3.57. The number of aliphatic hydroxyl groups excluding tert-OH is 1. The molecule has 0 saturated carbocycles. The van der Waals surface area contributed by atoms with Gasteiger partial charge in [0, 0.05) is 13.2 Å². The average Bonchev–Trinajstić information content (AvgIpc) is 2.80. The molecule has 0 bridgehead atoms. The molecule has 1 aromatic heterocycles. The van der Waals surface area contributed by atoms with E-state index >= 15 is 0 Å². The Balaban J connectivity index is 2.54. The molecule has 0 unspecified atom stereocenters. The first-order chi connectivity index (χ1) is 9.36. The van der Waals surface area contributed by atoms with Crippen molar-refractivity contribution in [2.24, 2.45) is 7.05 Å². The summed E-state index contributed by atoms with van der Waals surface area (Å²) in [5, 5.41) is 9.06. The third-order valence-electron chi connectivity index (χ3n) is 2.86. The van der Waals surface area contributed by atoms with Crippen molar-refractivity contribution < 1.29 is 23.0 Å². The van der Waals surface area contributed by atoms with Gasteiger partial charge in [-0.05, 0) is 17.7 Å². The van der Waals surface area contributed by atoms with Gasteiger partial charge in [-0.2, -0.15) is 13.2 Å². The lowest BCUT2D eigenvalue weighted by atomic mass is 10.1. The minimum Gasteiger partial charge on any atom is -0.496 e. The van der Waals surface area contributed by atoms with Crippen molar-refractivity contribution in [1.82, 2.24) is 9.55 Å². The summed E-state index contributed by atoms with van der Waals surface area (Å²) >= 11 is 0. The molecule has 20 heavy (non-hydrogen) atoms. The minimum absolute atomic E-state index is 0.152. The summed E-state index contributed by atoms with van der Waals surface area (Å²) in [7, 11) is 2.89. The highest BCUT2D eigenvalue weighted by molar-refractivity contribution is 5.65. The van der Waals surface area contributed by atoms with Gasteiger partial charge in [-0.25, -0.2) is 4.98 Å². The van der Waals surface area contributed by atoms with Gasteiger partial charge in [-0.3, -0.25) is 0 Å². The molecule has 4 nitrogen and oxygen atoms in total. The van der Waals surface area contributed by atoms with Gasteiger partial charge < -0.3 is 14.4 Å². The molecular weight excluding hydrogens is 273 g/mol. The van der Waals surface area contributed by atoms with Crippen LogP contribution < -0.4 is 4.74 Å². The Morgan fingerprint density at radius 3 is 2.55 bits per heavy atom. The molecular formula is C13H13F3N2O2. The monoisotopic (exact) mass is 286 g/mol. The fourth-order valence-electron chi connectivity index (χ4n) is 1.87. The molecule has 0 fully saturated rings. The smallest absolute Gasteiger partial charge is 0.434 e. The molecule has 0 atom stereocenters. The van der Waals surface area contributed by atoms with Crippen molar-refractivity contribution in [1.29, 1.82) is 0 Å². The van der Waals surface area contributed by atoms with Crippen LogP contribution in [0.25, 0.3) is 11.4 Å². The van der Waals surface area contributed by atoms with Crippen LogP contribution in [-0.2, 0) is 19.8 Å². The molecule has 0 saturated heterocycles. The fraction of sp³-hybridized carbons (Fsp3) is 0.308. The van der Waals surface area contributed by atoms with Crippen LogP contribution in [-0.4, -0.2) is 21.8 Å². The minimum atomic E-state index is -4.49. The zero-order valence-electron chi connectivity index (χ0n) is 10.9. The highest BCUT2D eigenvalue weighted by Crippen LogP contribution is 2.34. The maximum absolute atomic E-state index is 12.7. The third-order valence-corrected chi connectivity index (χ3v) is 2.86. The first-order valence-corrected chi connectivity index (χ1v) is 5.75. The van der Waals surface area contributed by atoms with Gasteiger partial charge >= 0.3 is 6.18 Å². The number of methoxy groups -OCH3 is 1. The number of hydrogen-bond acceptors (Lipinski definition) is 3. The van der Waals surface area contributed by atoms with Crippen molar-refractivity contribution in [3.63, 3.8) is 0 Å². The average molecular weight is 286 g/mol. The second-order valence-electron chi connectivity index (χ2n) is 4.25. The number of benzene rings is 1. The van der Waals surface area contributed by atoms with Crippen LogP contribution >= 0.6 is 0 Å². The summed E-state index contributed by atoms with van der Waals surface area (Å²) in [6, 6.07) is 4.75. The van der Waals surface area contributed by atoms with E-state index in [1.807, 2.05) is 0 Å². The molecule has 7 heteroatoms. The van der Waals surface area contributed by atoms with E-state index in [-0.39, 0.29) is 12.4 Å². The standard InChI is InChI=1S/C13H13F3N2O2/c1-18-6-11(13(14,15)16)17-12(18)9-4-3-8(7-19)5-10(9)20-2/h3-6,19H,7H2,1-2H3. The van der Waals surface area contributed by atoms with Crippen molar-refractivity contribution >= 4 is 0 Å². The SMILES string of the molecule is COc1cc(CO)ccc1-c1nc(C(F)(F)F)cn1C. The molecule has 0 amide bonds. The molecule has 0 aliphatic heterocycles. The van der Waals surface area contributed by atoms with Crippen molar-refractivity contribution in [2.75, 3.05) is 7.11 Å². The van der Waals surface area contributed by atoms with E-state index in [2.05, 4.69) is 4.98 Å². The fourth-order valence-corrected chi connectivity index (χ4v) is 1.87. The molecule has 2 aromatic rings. The van der Waals surface area contributed by atoms with Gasteiger partial charge in [0.2, 0.25) is 0 Å². The van der Waals surface area contributed by atoms with Crippen molar-refractivity contribution in [3.8, 4) is 17.1 Å². The Morgan fingerprint density at radius 2 is 2.05 bits per heavy atom. The quantitative estimate of drug-likeness (QED) is 0.943. The zero-order valence-corrected chi connectivity index (χ0v) is 10.9. The molecule has 1 heterocycles. The summed E-state index contributed by atoms with van der Waals surface area (Å²) < 4.78 is 44.4. The molecule has 108 valence electrons. The predicted molar refractivity (Wildman–Crippen MR) is 66.1 cm³/mol. The van der Waals surface area contributed by atoms with Crippen LogP contribution in [0.2, 0.25) is 0 Å². The Hall–Kier alpha value is -2.02. The number of rotatable bonds is 3. The highest BCUT2D eigenvalue weighted by Gasteiger charge is 2.34. The molecule has 0 aliphatic carbocycles. The van der Waals surface area contributed by atoms with Gasteiger partial charge in [0.15, 0.2) is 5.69 Å². The first-order valence-electron chi connectivity index (χ1n) is 5.75. The van der Waals surface area contributed by atoms with Crippen molar-refractivity contribution in [3.05, 3.63) is 35.7 Å². The van der Waals surface area contributed by atoms with E-state index in [1.54, 1.807) is 18.2 Å². The number of aromatic nitrogens is 2. The van der Waals surface area contributed by atoms with Gasteiger partial charge in [0.1, 0.15) is 11.6 Å². The summed E-state index contributed by atoms with van der Waals surface area (Å²) in [5.41, 5.74) is 0.0850. The number of imidazole rings is 1. The van der Waals surface area contributed by atoms with Crippen LogP contribution in [0.3, 0.4) is 0 Å². The third kappa shape index (κ3) is 2.62. The molecule has 2 rings (SSSR count). The lowest BCUT2D eigenvalue weighted by molar-refractivity contribution is -0.140. The van der Waals surface area contributed by atoms with E-state index in [0.717, 1.165) is 6.20 Å². The van der Waals surface area contributed by atoms with E-state index in [9.17, 15) is 13.2 Å². The van der Waals surface area contributed by atoms with Gasteiger partial charge in [-0.15, -0.1) is 0 Å². The number of aryl methyl sites for hydroxylation is 1. The van der Waals surface area contributed by atoms with Crippen LogP contribution in [0.4, 0.5) is 13.2 Å². The second-order valence-corrected chi connectivity index (χ2v) is 4.25. The number of nitrogens with zero attached hydrogens (tertiary/aromatic N) is 2. The molecule has 0 radical (unpaired) electrons. The molecule has 1 N–H and O–H groups in total.